The number of nitrogens with zero attached hydrogens (tertiary/aromatic N) is 1. The third-order valence-corrected chi connectivity index (χ3v) is 6.16. The van der Waals surface area contributed by atoms with Gasteiger partial charge in [0.25, 0.3) is 17.7 Å². The number of carbonyl (C=O) groups is 5. The van der Waals surface area contributed by atoms with Crippen LogP contribution in [0.4, 0.5) is 17.1 Å². The number of halogens is 1. The number of methoxy groups -OCH3 is 1. The molecule has 204 valence electrons. The van der Waals surface area contributed by atoms with Gasteiger partial charge in [0.1, 0.15) is 10.7 Å². The maximum Gasteiger partial charge on any atom is 0.338 e. The summed E-state index contributed by atoms with van der Waals surface area (Å²) in [5, 5.41) is 5.27. The molecule has 1 aliphatic rings. The Bertz CT molecular complexity index is 1500. The third-order valence-electron chi connectivity index (χ3n) is 5.81. The van der Waals surface area contributed by atoms with Crippen LogP contribution in [0.15, 0.2) is 83.5 Å². The summed E-state index contributed by atoms with van der Waals surface area (Å²) in [6.45, 7) is 2.17. The molecule has 1 heterocycles. The van der Waals surface area contributed by atoms with Crippen LogP contribution in [-0.4, -0.2) is 43.4 Å². The number of imide groups is 1. The van der Waals surface area contributed by atoms with Crippen LogP contribution in [0.1, 0.15) is 44.4 Å². The zero-order valence-corrected chi connectivity index (χ0v) is 22.3. The van der Waals surface area contributed by atoms with Crippen LogP contribution in [0, 0.1) is 0 Å². The normalized spacial score (nSPS) is 12.8. The summed E-state index contributed by atoms with van der Waals surface area (Å²) in [5.74, 6) is -2.77. The van der Waals surface area contributed by atoms with Crippen molar-refractivity contribution < 1.29 is 33.4 Å². The molecule has 40 heavy (non-hydrogen) atoms. The minimum absolute atomic E-state index is 0.124. The van der Waals surface area contributed by atoms with E-state index in [0.29, 0.717) is 28.9 Å². The number of benzene rings is 3. The summed E-state index contributed by atoms with van der Waals surface area (Å²) in [7, 11) is 1.28. The van der Waals surface area contributed by atoms with Crippen molar-refractivity contribution in [3.8, 4) is 0 Å². The number of rotatable bonds is 9. The van der Waals surface area contributed by atoms with E-state index < -0.39 is 29.7 Å². The van der Waals surface area contributed by atoms with Crippen LogP contribution in [0.2, 0.25) is 0 Å². The summed E-state index contributed by atoms with van der Waals surface area (Å²) in [6, 6.07) is 18.2. The lowest BCUT2D eigenvalue weighted by Gasteiger charge is -2.15. The number of esters is 2. The van der Waals surface area contributed by atoms with Gasteiger partial charge in [-0.2, -0.15) is 0 Å². The van der Waals surface area contributed by atoms with Crippen LogP contribution >= 0.6 is 11.6 Å². The van der Waals surface area contributed by atoms with Gasteiger partial charge in [0.05, 0.1) is 30.5 Å². The van der Waals surface area contributed by atoms with Gasteiger partial charge in [0, 0.05) is 16.9 Å². The van der Waals surface area contributed by atoms with Crippen molar-refractivity contribution in [3.05, 3.63) is 100 Å². The first-order chi connectivity index (χ1) is 19.2. The van der Waals surface area contributed by atoms with Crippen LogP contribution in [0.5, 0.6) is 0 Å². The van der Waals surface area contributed by atoms with Crippen LogP contribution in [0.25, 0.3) is 0 Å². The van der Waals surface area contributed by atoms with E-state index in [9.17, 15) is 24.0 Å². The number of nitrogens with one attached hydrogen (secondary N) is 2. The highest BCUT2D eigenvalue weighted by molar-refractivity contribution is 6.53. The first kappa shape index (κ1) is 28.1. The second kappa shape index (κ2) is 12.3. The number of carbonyl (C=O) groups excluding carboxylic acids is 5. The molecule has 3 aromatic rings. The molecule has 0 saturated carbocycles. The first-order valence-electron chi connectivity index (χ1n) is 12.2. The van der Waals surface area contributed by atoms with Gasteiger partial charge in [-0.1, -0.05) is 18.5 Å². The molecule has 11 heteroatoms. The Morgan fingerprint density at radius 2 is 1.32 bits per heavy atom. The zero-order valence-electron chi connectivity index (χ0n) is 21.5. The van der Waals surface area contributed by atoms with Crippen molar-refractivity contribution in [2.24, 2.45) is 0 Å². The summed E-state index contributed by atoms with van der Waals surface area (Å²) in [4.78, 5) is 62.9. The van der Waals surface area contributed by atoms with Crippen molar-refractivity contribution in [1.82, 2.24) is 0 Å². The summed E-state index contributed by atoms with van der Waals surface area (Å²) in [6.07, 6.45) is 0.685. The summed E-state index contributed by atoms with van der Waals surface area (Å²) < 4.78 is 9.74. The SMILES string of the molecule is CCCOC(=O)c1ccc(N2C(=O)C(Cl)=C(Nc3ccc(C(=O)Nc4ccc(C(=O)OC)cc4)cc3)C2=O)cc1. The lowest BCUT2D eigenvalue weighted by Crippen LogP contribution is -2.32. The Morgan fingerprint density at radius 3 is 1.93 bits per heavy atom. The molecule has 0 fully saturated rings. The Hall–Kier alpha value is -4.96. The fourth-order valence-electron chi connectivity index (χ4n) is 3.73. The van der Waals surface area contributed by atoms with Crippen molar-refractivity contribution in [1.29, 1.82) is 0 Å². The molecule has 0 bridgehead atoms. The maximum atomic E-state index is 13.1. The van der Waals surface area contributed by atoms with E-state index in [2.05, 4.69) is 15.4 Å². The predicted octanol–water partition coefficient (Wildman–Crippen LogP) is 4.73. The second-order valence-electron chi connectivity index (χ2n) is 8.54. The van der Waals surface area contributed by atoms with E-state index in [1.54, 1.807) is 24.3 Å². The molecule has 3 aromatic carbocycles. The highest BCUT2D eigenvalue weighted by Crippen LogP contribution is 2.30. The molecular weight excluding hydrogens is 538 g/mol. The number of hydrogen-bond acceptors (Lipinski definition) is 8. The highest BCUT2D eigenvalue weighted by atomic mass is 35.5. The molecule has 0 aromatic heterocycles. The summed E-state index contributed by atoms with van der Waals surface area (Å²) >= 11 is 6.21. The average molecular weight is 562 g/mol. The fourth-order valence-corrected chi connectivity index (χ4v) is 3.94. The van der Waals surface area contributed by atoms with Gasteiger partial charge in [-0.3, -0.25) is 14.4 Å². The van der Waals surface area contributed by atoms with Crippen molar-refractivity contribution in [2.75, 3.05) is 29.3 Å². The highest BCUT2D eigenvalue weighted by Gasteiger charge is 2.39. The number of anilines is 3. The van der Waals surface area contributed by atoms with Gasteiger partial charge in [-0.25, -0.2) is 14.5 Å². The van der Waals surface area contributed by atoms with Crippen LogP contribution in [0.3, 0.4) is 0 Å². The minimum atomic E-state index is -0.718. The molecule has 0 spiro atoms. The molecule has 0 aliphatic carbocycles. The van der Waals surface area contributed by atoms with E-state index in [1.165, 1.54) is 55.6 Å². The van der Waals surface area contributed by atoms with Gasteiger partial charge >= 0.3 is 11.9 Å². The van der Waals surface area contributed by atoms with Crippen LogP contribution < -0.4 is 15.5 Å². The van der Waals surface area contributed by atoms with Gasteiger partial charge in [0.15, 0.2) is 0 Å². The predicted molar refractivity (Wildman–Crippen MR) is 148 cm³/mol. The fraction of sp³-hybridized carbons (Fsp3) is 0.138. The Morgan fingerprint density at radius 1 is 0.775 bits per heavy atom. The molecule has 0 atom stereocenters. The standard InChI is InChI=1S/C29H24ClN3O7/c1-3-16-40-29(38)19-8-14-22(15-9-19)33-26(35)23(30)24(27(33)36)31-20-10-4-17(5-11-20)25(34)32-21-12-6-18(7-13-21)28(37)39-2/h4-15,31H,3,16H2,1-2H3,(H,32,34). The molecule has 3 amide bonds. The number of amides is 3. The van der Waals surface area contributed by atoms with E-state index in [0.717, 1.165) is 4.90 Å². The number of hydrogen-bond donors (Lipinski definition) is 2. The largest absolute Gasteiger partial charge is 0.465 e. The molecule has 4 rings (SSSR count). The third kappa shape index (κ3) is 6.02. The monoisotopic (exact) mass is 561 g/mol. The average Bonchev–Trinajstić information content (AvgIpc) is 3.19. The topological polar surface area (TPSA) is 131 Å². The Kier molecular flexibility index (Phi) is 8.60. The van der Waals surface area contributed by atoms with E-state index in [1.807, 2.05) is 6.92 Å². The molecule has 0 unspecified atom stereocenters. The van der Waals surface area contributed by atoms with Gasteiger partial charge in [-0.05, 0) is 79.2 Å². The van der Waals surface area contributed by atoms with E-state index >= 15 is 0 Å². The maximum absolute atomic E-state index is 13.1. The lowest BCUT2D eigenvalue weighted by molar-refractivity contribution is -0.120. The number of ether oxygens (including phenoxy) is 2. The van der Waals surface area contributed by atoms with Gasteiger partial charge in [-0.15, -0.1) is 0 Å². The molecule has 0 saturated heterocycles. The van der Waals surface area contributed by atoms with Crippen molar-refractivity contribution in [3.63, 3.8) is 0 Å². The first-order valence-corrected chi connectivity index (χ1v) is 12.5. The summed E-state index contributed by atoms with van der Waals surface area (Å²) in [5.41, 5.74) is 1.99. The van der Waals surface area contributed by atoms with Gasteiger partial charge < -0.3 is 20.1 Å². The quantitative estimate of drug-likeness (QED) is 0.283. The van der Waals surface area contributed by atoms with Crippen molar-refractivity contribution in [2.45, 2.75) is 13.3 Å². The molecule has 2 N–H and O–H groups in total. The van der Waals surface area contributed by atoms with Crippen molar-refractivity contribution >= 4 is 58.3 Å². The zero-order chi connectivity index (χ0) is 28.8. The Balaban J connectivity index is 1.41. The lowest BCUT2D eigenvalue weighted by atomic mass is 10.1. The van der Waals surface area contributed by atoms with Crippen LogP contribution in [-0.2, 0) is 19.1 Å². The molecule has 1 aliphatic heterocycles. The molecular formula is C29H24ClN3O7. The molecule has 0 radical (unpaired) electrons. The Labute approximate surface area is 234 Å². The smallest absolute Gasteiger partial charge is 0.338 e. The van der Waals surface area contributed by atoms with E-state index in [4.69, 9.17) is 16.3 Å². The minimum Gasteiger partial charge on any atom is -0.465 e. The molecule has 10 nitrogen and oxygen atoms in total. The second-order valence-corrected chi connectivity index (χ2v) is 8.92. The van der Waals surface area contributed by atoms with E-state index in [-0.39, 0.29) is 28.6 Å². The van der Waals surface area contributed by atoms with Gasteiger partial charge in [0.2, 0.25) is 0 Å².